The first kappa shape index (κ1) is 27.5. The second-order valence-corrected chi connectivity index (χ2v) is 8.62. The summed E-state index contributed by atoms with van der Waals surface area (Å²) in [6.45, 7) is 5.16. The van der Waals surface area contributed by atoms with E-state index >= 15 is 0 Å². The van der Waals surface area contributed by atoms with E-state index in [2.05, 4.69) is 10.1 Å². The maximum Gasteiger partial charge on any atom is 0.328 e. The van der Waals surface area contributed by atoms with Crippen molar-refractivity contribution < 1.29 is 38.2 Å². The van der Waals surface area contributed by atoms with Gasteiger partial charge in [0.2, 0.25) is 0 Å². The number of hydrogen-bond acceptors (Lipinski definition) is 7. The highest BCUT2D eigenvalue weighted by atomic mass is 19.1. The number of rotatable bonds is 9. The van der Waals surface area contributed by atoms with Crippen LogP contribution in [0.2, 0.25) is 0 Å². The fraction of sp³-hybridized carbons (Fsp3) is 0.333. The molecule has 196 valence electrons. The van der Waals surface area contributed by atoms with Crippen LogP contribution >= 0.6 is 0 Å². The molecule has 2 heterocycles. The highest BCUT2D eigenvalue weighted by molar-refractivity contribution is 5.94. The largest absolute Gasteiger partial charge is 0.494 e. The lowest BCUT2D eigenvalue weighted by Crippen LogP contribution is -2.34. The minimum absolute atomic E-state index is 0.0448. The van der Waals surface area contributed by atoms with Crippen LogP contribution in [0.5, 0.6) is 5.75 Å². The van der Waals surface area contributed by atoms with E-state index in [1.165, 1.54) is 12.1 Å². The number of carboxylic acid groups (broad SMARTS) is 2. The molecule has 1 fully saturated rings. The number of carboxylic acids is 2. The number of piperidine rings is 1. The molecule has 37 heavy (non-hydrogen) atoms. The summed E-state index contributed by atoms with van der Waals surface area (Å²) >= 11 is 0. The number of ketones is 1. The number of carbonyl (C=O) groups excluding carboxylic acids is 1. The third kappa shape index (κ3) is 8.53. The van der Waals surface area contributed by atoms with Gasteiger partial charge in [-0.05, 0) is 63.5 Å². The van der Waals surface area contributed by atoms with E-state index in [9.17, 15) is 18.8 Å². The fourth-order valence-corrected chi connectivity index (χ4v) is 4.08. The summed E-state index contributed by atoms with van der Waals surface area (Å²) in [4.78, 5) is 33.0. The normalized spacial score (nSPS) is 14.3. The van der Waals surface area contributed by atoms with Crippen LogP contribution in [0.3, 0.4) is 0 Å². The maximum absolute atomic E-state index is 13.3. The van der Waals surface area contributed by atoms with Crippen LogP contribution < -0.4 is 4.74 Å². The molecule has 0 saturated carbocycles. The van der Waals surface area contributed by atoms with Gasteiger partial charge in [-0.3, -0.25) is 4.79 Å². The van der Waals surface area contributed by atoms with Crippen molar-refractivity contribution in [3.05, 3.63) is 71.7 Å². The first-order valence-electron chi connectivity index (χ1n) is 11.9. The number of nitrogens with zero attached hydrogens (tertiary/aromatic N) is 2. The molecule has 0 radical (unpaired) electrons. The van der Waals surface area contributed by atoms with Gasteiger partial charge >= 0.3 is 11.9 Å². The van der Waals surface area contributed by atoms with E-state index in [1.807, 2.05) is 12.1 Å². The number of ether oxygens (including phenoxy) is 1. The SMILES string of the molecule is CC(=O)c1cccc(OCCCN2CCC(c3noc4cc(F)ccc34)CC2)c1.O=C(O)C=CC(=O)O. The topological polar surface area (TPSA) is 130 Å². The van der Waals surface area contributed by atoms with E-state index in [0.29, 0.717) is 35.8 Å². The lowest BCUT2D eigenvalue weighted by atomic mass is 9.91. The predicted molar refractivity (Wildman–Crippen MR) is 133 cm³/mol. The lowest BCUT2D eigenvalue weighted by molar-refractivity contribution is -0.134. The molecule has 0 unspecified atom stereocenters. The quantitative estimate of drug-likeness (QED) is 0.241. The number of hydrogen-bond donors (Lipinski definition) is 2. The molecule has 4 rings (SSSR count). The van der Waals surface area contributed by atoms with Gasteiger partial charge in [0.15, 0.2) is 11.4 Å². The van der Waals surface area contributed by atoms with Gasteiger partial charge in [-0.1, -0.05) is 17.3 Å². The maximum atomic E-state index is 13.3. The first-order chi connectivity index (χ1) is 17.7. The van der Waals surface area contributed by atoms with Crippen molar-refractivity contribution >= 4 is 28.7 Å². The Labute approximate surface area is 213 Å². The minimum atomic E-state index is -1.26. The zero-order valence-corrected chi connectivity index (χ0v) is 20.4. The summed E-state index contributed by atoms with van der Waals surface area (Å²) in [6, 6.07) is 11.9. The van der Waals surface area contributed by atoms with Crippen LogP contribution in [-0.4, -0.2) is 64.2 Å². The number of benzene rings is 2. The van der Waals surface area contributed by atoms with Crippen LogP contribution in [0.15, 0.2) is 59.1 Å². The van der Waals surface area contributed by atoms with Gasteiger partial charge in [-0.25, -0.2) is 14.0 Å². The molecular formula is C27H29FN2O7. The van der Waals surface area contributed by atoms with Gasteiger partial charge in [0.25, 0.3) is 0 Å². The molecule has 3 aromatic rings. The molecule has 0 spiro atoms. The van der Waals surface area contributed by atoms with Crippen molar-refractivity contribution in [3.63, 3.8) is 0 Å². The number of Topliss-reactive ketones (excluding diaryl/α,β-unsaturated/α-hetero) is 1. The molecule has 1 aliphatic rings. The van der Waals surface area contributed by atoms with Crippen molar-refractivity contribution in [1.29, 1.82) is 0 Å². The number of aromatic nitrogens is 1. The minimum Gasteiger partial charge on any atom is -0.494 e. The van der Waals surface area contributed by atoms with Gasteiger partial charge in [-0.2, -0.15) is 0 Å². The average Bonchev–Trinajstić information content (AvgIpc) is 3.29. The highest BCUT2D eigenvalue weighted by Crippen LogP contribution is 2.32. The summed E-state index contributed by atoms with van der Waals surface area (Å²) < 4.78 is 24.4. The fourth-order valence-electron chi connectivity index (χ4n) is 4.08. The standard InChI is InChI=1S/C23H25FN2O3.C4H4O4/c1-16(27)18-4-2-5-20(14-18)28-13-3-10-26-11-8-17(9-12-26)23-21-7-6-19(24)15-22(21)29-25-23;5-3(6)1-2-4(7)8/h2,4-7,14-15,17H,3,8-13H2,1H3;1-2H,(H,5,6)(H,7,8). The zero-order valence-electron chi connectivity index (χ0n) is 20.4. The molecule has 9 nitrogen and oxygen atoms in total. The van der Waals surface area contributed by atoms with Gasteiger partial charge in [-0.15, -0.1) is 0 Å². The Morgan fingerprint density at radius 2 is 1.81 bits per heavy atom. The Hall–Kier alpha value is -4.05. The zero-order chi connectivity index (χ0) is 26.8. The average molecular weight is 513 g/mol. The second-order valence-electron chi connectivity index (χ2n) is 8.62. The van der Waals surface area contributed by atoms with Crippen LogP contribution in [0.25, 0.3) is 11.0 Å². The molecule has 0 amide bonds. The first-order valence-corrected chi connectivity index (χ1v) is 11.9. The monoisotopic (exact) mass is 512 g/mol. The lowest BCUT2D eigenvalue weighted by Gasteiger charge is -2.31. The van der Waals surface area contributed by atoms with Crippen molar-refractivity contribution in [3.8, 4) is 5.75 Å². The predicted octanol–water partition coefficient (Wildman–Crippen LogP) is 4.53. The second kappa shape index (κ2) is 13.3. The third-order valence-electron chi connectivity index (χ3n) is 5.93. The molecule has 10 heteroatoms. The van der Waals surface area contributed by atoms with Crippen LogP contribution in [-0.2, 0) is 9.59 Å². The van der Waals surface area contributed by atoms with E-state index in [1.54, 1.807) is 25.1 Å². The van der Waals surface area contributed by atoms with E-state index in [-0.39, 0.29) is 11.6 Å². The summed E-state index contributed by atoms with van der Waals surface area (Å²) in [6.07, 6.45) is 4.08. The number of likely N-dealkylation sites (tertiary alicyclic amines) is 1. The van der Waals surface area contributed by atoms with Gasteiger partial charge in [0, 0.05) is 41.6 Å². The van der Waals surface area contributed by atoms with Crippen LogP contribution in [0.1, 0.15) is 48.2 Å². The van der Waals surface area contributed by atoms with Crippen molar-refractivity contribution in [2.24, 2.45) is 0 Å². The molecule has 0 bridgehead atoms. The molecule has 0 atom stereocenters. The number of carbonyl (C=O) groups is 3. The van der Waals surface area contributed by atoms with Crippen molar-refractivity contribution in [2.75, 3.05) is 26.2 Å². The Morgan fingerprint density at radius 3 is 2.46 bits per heavy atom. The Bertz CT molecular complexity index is 1250. The summed E-state index contributed by atoms with van der Waals surface area (Å²) in [5, 5.41) is 20.8. The number of aliphatic carboxylic acids is 2. The molecule has 2 N–H and O–H groups in total. The summed E-state index contributed by atoms with van der Waals surface area (Å²) in [5.41, 5.74) is 2.15. The van der Waals surface area contributed by atoms with Gasteiger partial charge in [0.05, 0.1) is 12.3 Å². The Kier molecular flexibility index (Phi) is 9.91. The third-order valence-corrected chi connectivity index (χ3v) is 5.93. The number of fused-ring (bicyclic) bond motifs is 1. The van der Waals surface area contributed by atoms with Gasteiger partial charge in [0.1, 0.15) is 11.6 Å². The number of halogens is 1. The molecule has 2 aromatic carbocycles. The smallest absolute Gasteiger partial charge is 0.328 e. The van der Waals surface area contributed by atoms with Crippen molar-refractivity contribution in [1.82, 2.24) is 10.1 Å². The molecule has 1 saturated heterocycles. The van der Waals surface area contributed by atoms with Crippen LogP contribution in [0.4, 0.5) is 4.39 Å². The Morgan fingerprint density at radius 1 is 1.11 bits per heavy atom. The molecular weight excluding hydrogens is 483 g/mol. The van der Waals surface area contributed by atoms with E-state index in [4.69, 9.17) is 19.5 Å². The van der Waals surface area contributed by atoms with E-state index < -0.39 is 11.9 Å². The highest BCUT2D eigenvalue weighted by Gasteiger charge is 2.25. The Balaban J connectivity index is 0.000000414. The van der Waals surface area contributed by atoms with Crippen LogP contribution in [0, 0.1) is 5.82 Å². The summed E-state index contributed by atoms with van der Waals surface area (Å²) in [5.74, 6) is -1.68. The van der Waals surface area contributed by atoms with Gasteiger partial charge < -0.3 is 24.4 Å². The summed E-state index contributed by atoms with van der Waals surface area (Å²) in [7, 11) is 0. The van der Waals surface area contributed by atoms with Crippen molar-refractivity contribution in [2.45, 2.75) is 32.1 Å². The molecule has 0 aliphatic carbocycles. The van der Waals surface area contributed by atoms with E-state index in [0.717, 1.165) is 55.7 Å². The molecule has 1 aliphatic heterocycles. The molecule has 1 aromatic heterocycles.